The Morgan fingerprint density at radius 2 is 1.94 bits per heavy atom. The first-order valence-electron chi connectivity index (χ1n) is 11.1. The van der Waals surface area contributed by atoms with Crippen molar-refractivity contribution >= 4 is 17.4 Å². The van der Waals surface area contributed by atoms with Crippen molar-refractivity contribution in [1.29, 1.82) is 0 Å². The first-order valence-corrected chi connectivity index (χ1v) is 11.1. The molecule has 1 saturated carbocycles. The fourth-order valence-electron chi connectivity index (χ4n) is 4.07. The van der Waals surface area contributed by atoms with Crippen molar-refractivity contribution in [3.8, 4) is 0 Å². The van der Waals surface area contributed by atoms with Crippen molar-refractivity contribution in [2.45, 2.75) is 64.6 Å². The van der Waals surface area contributed by atoms with Crippen LogP contribution in [0.1, 0.15) is 56.5 Å². The lowest BCUT2D eigenvalue weighted by atomic mass is 9.79. The molecule has 34 heavy (non-hydrogen) atoms. The fourth-order valence-corrected chi connectivity index (χ4v) is 4.07. The number of pyridine rings is 2. The molecular formula is C23H26F6N4O. The van der Waals surface area contributed by atoms with Crippen LogP contribution in [0, 0.1) is 11.7 Å². The summed E-state index contributed by atoms with van der Waals surface area (Å²) >= 11 is 0. The van der Waals surface area contributed by atoms with Gasteiger partial charge in [0.25, 0.3) is 0 Å². The summed E-state index contributed by atoms with van der Waals surface area (Å²) in [5.74, 6) is -4.75. The molecule has 0 radical (unpaired) electrons. The number of fused-ring (bicyclic) bond motifs is 1. The minimum absolute atomic E-state index is 0.124. The van der Waals surface area contributed by atoms with E-state index >= 15 is 0 Å². The summed E-state index contributed by atoms with van der Waals surface area (Å²) in [5.41, 5.74) is 0.577. The maximum Gasteiger partial charge on any atom is 0.433 e. The minimum atomic E-state index is -4.52. The number of hydrogen-bond donors (Lipinski definition) is 1. The molecule has 3 heterocycles. The number of carbonyl (C=O) groups is 1. The van der Waals surface area contributed by atoms with Crippen molar-refractivity contribution in [3.63, 3.8) is 0 Å². The molecule has 186 valence electrons. The highest BCUT2D eigenvalue weighted by molar-refractivity contribution is 5.90. The summed E-state index contributed by atoms with van der Waals surface area (Å²) in [6.07, 6.45) is -2.99. The normalized spacial score (nSPS) is 17.2. The molecule has 5 nitrogen and oxygen atoms in total. The molecule has 0 atom stereocenters. The summed E-state index contributed by atoms with van der Waals surface area (Å²) in [4.78, 5) is 21.5. The third-order valence-electron chi connectivity index (χ3n) is 5.61. The molecular weight excluding hydrogens is 462 g/mol. The number of hydrogen-bond acceptors (Lipinski definition) is 4. The van der Waals surface area contributed by atoms with Gasteiger partial charge in [0.1, 0.15) is 5.69 Å². The predicted octanol–water partition coefficient (Wildman–Crippen LogP) is 5.99. The molecule has 0 aromatic carbocycles. The third kappa shape index (κ3) is 6.18. The van der Waals surface area contributed by atoms with Gasteiger partial charge in [0, 0.05) is 44.6 Å². The van der Waals surface area contributed by atoms with Crippen LogP contribution in [0.5, 0.6) is 0 Å². The predicted molar refractivity (Wildman–Crippen MR) is 115 cm³/mol. The fraction of sp³-hybridized carbons (Fsp3) is 0.522. The van der Waals surface area contributed by atoms with Gasteiger partial charge in [-0.3, -0.25) is 9.78 Å². The molecule has 1 N–H and O–H groups in total. The summed E-state index contributed by atoms with van der Waals surface area (Å²) in [6, 6.07) is 3.45. The lowest BCUT2D eigenvalue weighted by Crippen LogP contribution is -2.37. The molecule has 0 spiro atoms. The third-order valence-corrected chi connectivity index (χ3v) is 5.61. The second-order valence-corrected chi connectivity index (χ2v) is 8.24. The number of aryl methyl sites for hydroxylation is 1. The van der Waals surface area contributed by atoms with Crippen molar-refractivity contribution in [1.82, 2.24) is 9.97 Å². The molecule has 2 aromatic heterocycles. The maximum atomic E-state index is 14.6. The second-order valence-electron chi connectivity index (χ2n) is 8.24. The van der Waals surface area contributed by atoms with Crippen LogP contribution < -0.4 is 10.2 Å². The zero-order valence-electron chi connectivity index (χ0n) is 18.9. The highest BCUT2D eigenvalue weighted by Gasteiger charge is 2.45. The number of alkyl halides is 5. The summed E-state index contributed by atoms with van der Waals surface area (Å²) in [6.45, 7) is 4.78. The van der Waals surface area contributed by atoms with E-state index in [1.165, 1.54) is 12.1 Å². The van der Waals surface area contributed by atoms with Crippen LogP contribution in [-0.2, 0) is 23.9 Å². The molecule has 11 heteroatoms. The first kappa shape index (κ1) is 25.8. The van der Waals surface area contributed by atoms with Crippen LogP contribution in [0.4, 0.5) is 37.8 Å². The van der Waals surface area contributed by atoms with E-state index in [1.807, 2.05) is 13.8 Å². The number of rotatable bonds is 5. The van der Waals surface area contributed by atoms with Crippen LogP contribution in [-0.4, -0.2) is 28.3 Å². The van der Waals surface area contributed by atoms with E-state index in [0.717, 1.165) is 12.3 Å². The van der Waals surface area contributed by atoms with E-state index in [9.17, 15) is 31.1 Å². The Bertz CT molecular complexity index is 1000. The molecule has 1 aliphatic carbocycles. The molecule has 1 amide bonds. The molecule has 0 saturated heterocycles. The van der Waals surface area contributed by atoms with Gasteiger partial charge in [-0.25, -0.2) is 18.2 Å². The number of nitrogens with zero attached hydrogens (tertiary/aromatic N) is 3. The summed E-state index contributed by atoms with van der Waals surface area (Å²) in [7, 11) is 0. The average Bonchev–Trinajstić information content (AvgIpc) is 2.75. The van der Waals surface area contributed by atoms with Gasteiger partial charge in [0.15, 0.2) is 11.6 Å². The Kier molecular flexibility index (Phi) is 7.72. The first-order chi connectivity index (χ1) is 16.0. The van der Waals surface area contributed by atoms with Crippen molar-refractivity contribution in [3.05, 3.63) is 47.2 Å². The summed E-state index contributed by atoms with van der Waals surface area (Å²) < 4.78 is 78.5. The average molecular weight is 488 g/mol. The number of anilines is 2. The zero-order chi connectivity index (χ0) is 25.1. The van der Waals surface area contributed by atoms with Gasteiger partial charge in [-0.1, -0.05) is 19.9 Å². The van der Waals surface area contributed by atoms with E-state index < -0.39 is 35.4 Å². The van der Waals surface area contributed by atoms with Gasteiger partial charge in [-0.15, -0.1) is 0 Å². The lowest BCUT2D eigenvalue weighted by Gasteiger charge is -2.34. The Morgan fingerprint density at radius 3 is 2.53 bits per heavy atom. The quantitative estimate of drug-likeness (QED) is 0.526. The highest BCUT2D eigenvalue weighted by atomic mass is 19.4. The van der Waals surface area contributed by atoms with Gasteiger partial charge in [-0.2, -0.15) is 13.2 Å². The Labute approximate surface area is 193 Å². The van der Waals surface area contributed by atoms with E-state index in [0.29, 0.717) is 36.3 Å². The highest BCUT2D eigenvalue weighted by Crippen LogP contribution is 2.44. The van der Waals surface area contributed by atoms with Gasteiger partial charge in [0.05, 0.1) is 11.4 Å². The number of nitrogens with one attached hydrogen (secondary N) is 1. The van der Waals surface area contributed by atoms with Crippen LogP contribution in [0.15, 0.2) is 24.4 Å². The second kappa shape index (κ2) is 10.2. The largest absolute Gasteiger partial charge is 0.433 e. The smallest absolute Gasteiger partial charge is 0.366 e. The molecule has 4 rings (SSSR count). The van der Waals surface area contributed by atoms with Crippen molar-refractivity contribution in [2.24, 2.45) is 5.92 Å². The standard InChI is InChI=1S/C21H20F6N4O.C2H6/c22-14-7-16-15(29-19(14)30-18(32)6-13-8-20(23,24)9-13)2-1-5-31(16)11-12-3-4-17(28-10-12)21(25,26)27;1-2/h3-4,7,10,13H,1-2,5-6,8-9,11H2,(H,29,30,32);1-2H3. The van der Waals surface area contributed by atoms with Crippen LogP contribution in [0.2, 0.25) is 0 Å². The molecule has 2 aromatic rings. The van der Waals surface area contributed by atoms with E-state index in [4.69, 9.17) is 0 Å². The van der Waals surface area contributed by atoms with Gasteiger partial charge in [0.2, 0.25) is 11.8 Å². The Morgan fingerprint density at radius 1 is 1.24 bits per heavy atom. The Hall–Kier alpha value is -2.85. The van der Waals surface area contributed by atoms with E-state index in [1.54, 1.807) is 4.90 Å². The van der Waals surface area contributed by atoms with Gasteiger partial charge >= 0.3 is 6.18 Å². The topological polar surface area (TPSA) is 58.1 Å². The zero-order valence-corrected chi connectivity index (χ0v) is 18.9. The number of halogens is 6. The number of amides is 1. The van der Waals surface area contributed by atoms with Crippen molar-refractivity contribution in [2.75, 3.05) is 16.8 Å². The Balaban J connectivity index is 0.00000158. The molecule has 0 bridgehead atoms. The maximum absolute atomic E-state index is 14.6. The molecule has 1 aliphatic heterocycles. The SMILES string of the molecule is CC.O=C(CC1CC(F)(F)C1)Nc1nc2c(cc1F)N(Cc1ccc(C(F)(F)F)nc1)CCC2. The van der Waals surface area contributed by atoms with E-state index in [2.05, 4.69) is 15.3 Å². The number of aromatic nitrogens is 2. The molecule has 2 aliphatic rings. The van der Waals surface area contributed by atoms with Crippen molar-refractivity contribution < 1.29 is 31.1 Å². The van der Waals surface area contributed by atoms with E-state index in [-0.39, 0.29) is 31.6 Å². The van der Waals surface area contributed by atoms with Crippen LogP contribution in [0.25, 0.3) is 0 Å². The molecule has 1 fully saturated rings. The van der Waals surface area contributed by atoms with Crippen LogP contribution >= 0.6 is 0 Å². The number of carbonyl (C=O) groups excluding carboxylic acids is 1. The van der Waals surface area contributed by atoms with Gasteiger partial charge in [-0.05, 0) is 30.4 Å². The molecule has 0 unspecified atom stereocenters. The minimum Gasteiger partial charge on any atom is -0.366 e. The van der Waals surface area contributed by atoms with Gasteiger partial charge < -0.3 is 10.2 Å². The monoisotopic (exact) mass is 488 g/mol. The summed E-state index contributed by atoms with van der Waals surface area (Å²) in [5, 5.41) is 2.37. The van der Waals surface area contributed by atoms with Crippen LogP contribution in [0.3, 0.4) is 0 Å². The lowest BCUT2D eigenvalue weighted by molar-refractivity contribution is -0.141.